The lowest BCUT2D eigenvalue weighted by atomic mass is 10.2. The Labute approximate surface area is 147 Å². The van der Waals surface area contributed by atoms with Gasteiger partial charge in [-0.05, 0) is 49.0 Å². The second-order valence-electron chi connectivity index (χ2n) is 5.01. The normalized spacial score (nSPS) is 10.2. The molecule has 2 heterocycles. The van der Waals surface area contributed by atoms with Crippen LogP contribution >= 0.6 is 36.2 Å². The Kier molecular flexibility index (Phi) is 7.90. The van der Waals surface area contributed by atoms with Gasteiger partial charge in [-0.3, -0.25) is 0 Å². The van der Waals surface area contributed by atoms with Crippen LogP contribution in [0.2, 0.25) is 0 Å². The van der Waals surface area contributed by atoms with Crippen molar-refractivity contribution in [2.75, 3.05) is 6.54 Å². The van der Waals surface area contributed by atoms with Gasteiger partial charge in [0.25, 0.3) is 0 Å². The number of halogens is 2. The minimum atomic E-state index is 0. The van der Waals surface area contributed by atoms with Gasteiger partial charge in [-0.1, -0.05) is 12.1 Å². The third-order valence-electron chi connectivity index (χ3n) is 3.46. The average molecular weight is 358 g/mol. The number of thiophene rings is 1. The molecule has 2 N–H and O–H groups in total. The fourth-order valence-electron chi connectivity index (χ4n) is 2.29. The predicted octanol–water partition coefficient (Wildman–Crippen LogP) is 4.50. The zero-order valence-electron chi connectivity index (χ0n) is 12.5. The molecule has 3 aromatic rings. The van der Waals surface area contributed by atoms with Gasteiger partial charge in [0, 0.05) is 17.8 Å². The molecule has 0 fully saturated rings. The van der Waals surface area contributed by atoms with Crippen molar-refractivity contribution in [2.24, 2.45) is 0 Å². The first kappa shape index (κ1) is 19.0. The minimum absolute atomic E-state index is 0. The summed E-state index contributed by atoms with van der Waals surface area (Å²) in [7, 11) is 0. The monoisotopic (exact) mass is 357 g/mol. The summed E-state index contributed by atoms with van der Waals surface area (Å²) in [6, 6.07) is 10.4. The van der Waals surface area contributed by atoms with Crippen LogP contribution in [-0.2, 0) is 13.0 Å². The number of benzene rings is 1. The van der Waals surface area contributed by atoms with E-state index in [-0.39, 0.29) is 24.8 Å². The fraction of sp³-hybridized carbons (Fsp3) is 0.312. The zero-order chi connectivity index (χ0) is 13.8. The van der Waals surface area contributed by atoms with E-state index in [1.165, 1.54) is 10.4 Å². The highest BCUT2D eigenvalue weighted by molar-refractivity contribution is 7.10. The summed E-state index contributed by atoms with van der Waals surface area (Å²) >= 11 is 1.83. The van der Waals surface area contributed by atoms with E-state index in [0.29, 0.717) is 0 Å². The van der Waals surface area contributed by atoms with Crippen molar-refractivity contribution in [1.29, 1.82) is 0 Å². The second kappa shape index (κ2) is 9.16. The lowest BCUT2D eigenvalue weighted by Gasteiger charge is -2.03. The standard InChI is InChI=1S/C16H19N3S.2ClH/c1-12-8-10-20-15(12)11-17-9-4-7-16-18-13-5-2-3-6-14(13)19-16;;/h2-3,5-6,8,10,17H,4,7,9,11H2,1H3,(H,18,19);2*1H. The van der Waals surface area contributed by atoms with Crippen LogP contribution in [0.5, 0.6) is 0 Å². The third kappa shape index (κ3) is 4.71. The molecular formula is C16H21Cl2N3S. The molecule has 1 aromatic carbocycles. The summed E-state index contributed by atoms with van der Waals surface area (Å²) in [6.07, 6.45) is 2.09. The van der Waals surface area contributed by atoms with Crippen molar-refractivity contribution in [3.05, 3.63) is 52.0 Å². The lowest BCUT2D eigenvalue weighted by molar-refractivity contribution is 0.645. The first-order valence-corrected chi connectivity index (χ1v) is 7.88. The lowest BCUT2D eigenvalue weighted by Crippen LogP contribution is -2.15. The molecule has 0 unspecified atom stereocenters. The smallest absolute Gasteiger partial charge is 0.107 e. The van der Waals surface area contributed by atoms with Crippen LogP contribution in [0, 0.1) is 6.92 Å². The van der Waals surface area contributed by atoms with Crippen LogP contribution in [0.4, 0.5) is 0 Å². The largest absolute Gasteiger partial charge is 0.342 e. The first-order chi connectivity index (χ1) is 9.83. The highest BCUT2D eigenvalue weighted by Gasteiger charge is 2.02. The molecule has 0 radical (unpaired) electrons. The number of rotatable bonds is 6. The Morgan fingerprint density at radius 2 is 2.00 bits per heavy atom. The van der Waals surface area contributed by atoms with Gasteiger partial charge in [0.2, 0.25) is 0 Å². The van der Waals surface area contributed by atoms with Gasteiger partial charge < -0.3 is 10.3 Å². The number of aromatic nitrogens is 2. The molecule has 3 rings (SSSR count). The number of imidazole rings is 1. The van der Waals surface area contributed by atoms with E-state index in [2.05, 4.69) is 39.7 Å². The number of aryl methyl sites for hydroxylation is 2. The molecule has 6 heteroatoms. The summed E-state index contributed by atoms with van der Waals surface area (Å²) in [4.78, 5) is 9.40. The third-order valence-corrected chi connectivity index (χ3v) is 4.48. The van der Waals surface area contributed by atoms with E-state index in [9.17, 15) is 0 Å². The molecule has 0 saturated carbocycles. The molecule has 120 valence electrons. The van der Waals surface area contributed by atoms with Gasteiger partial charge in [-0.2, -0.15) is 0 Å². The Hall–Kier alpha value is -1.07. The summed E-state index contributed by atoms with van der Waals surface area (Å²) in [5.41, 5.74) is 3.58. The Morgan fingerprint density at radius 3 is 2.73 bits per heavy atom. The SMILES string of the molecule is Cc1ccsc1CNCCCc1nc2ccccc2[nH]1.Cl.Cl. The molecule has 0 spiro atoms. The molecule has 0 aliphatic carbocycles. The molecule has 0 bridgehead atoms. The van der Waals surface area contributed by atoms with Crippen molar-refractivity contribution < 1.29 is 0 Å². The highest BCUT2D eigenvalue weighted by Crippen LogP contribution is 2.15. The molecule has 0 saturated heterocycles. The maximum Gasteiger partial charge on any atom is 0.107 e. The number of H-pyrrole nitrogens is 1. The second-order valence-corrected chi connectivity index (χ2v) is 6.01. The van der Waals surface area contributed by atoms with Crippen molar-refractivity contribution in [1.82, 2.24) is 15.3 Å². The zero-order valence-corrected chi connectivity index (χ0v) is 14.9. The molecule has 0 aliphatic heterocycles. The highest BCUT2D eigenvalue weighted by atomic mass is 35.5. The quantitative estimate of drug-likeness (QED) is 0.637. The minimum Gasteiger partial charge on any atom is -0.342 e. The maximum atomic E-state index is 4.59. The van der Waals surface area contributed by atoms with Crippen molar-refractivity contribution in [2.45, 2.75) is 26.3 Å². The Balaban J connectivity index is 0.00000121. The van der Waals surface area contributed by atoms with Crippen LogP contribution < -0.4 is 5.32 Å². The van der Waals surface area contributed by atoms with E-state index in [0.717, 1.165) is 42.8 Å². The number of hydrogen-bond acceptors (Lipinski definition) is 3. The van der Waals surface area contributed by atoms with Crippen LogP contribution in [0.1, 0.15) is 22.7 Å². The Morgan fingerprint density at radius 1 is 1.18 bits per heavy atom. The van der Waals surface area contributed by atoms with Crippen LogP contribution in [0.3, 0.4) is 0 Å². The van der Waals surface area contributed by atoms with E-state index in [4.69, 9.17) is 0 Å². The molecule has 22 heavy (non-hydrogen) atoms. The van der Waals surface area contributed by atoms with Crippen molar-refractivity contribution in [3.8, 4) is 0 Å². The van der Waals surface area contributed by atoms with Crippen LogP contribution in [-0.4, -0.2) is 16.5 Å². The fourth-order valence-corrected chi connectivity index (χ4v) is 3.17. The molecule has 0 amide bonds. The molecule has 3 nitrogen and oxygen atoms in total. The first-order valence-electron chi connectivity index (χ1n) is 7.00. The summed E-state index contributed by atoms with van der Waals surface area (Å²) < 4.78 is 0. The number of para-hydroxylation sites is 2. The number of nitrogens with zero attached hydrogens (tertiary/aromatic N) is 1. The maximum absolute atomic E-state index is 4.59. The van der Waals surface area contributed by atoms with Gasteiger partial charge in [0.05, 0.1) is 11.0 Å². The van der Waals surface area contributed by atoms with Crippen LogP contribution in [0.25, 0.3) is 11.0 Å². The number of aromatic amines is 1. The predicted molar refractivity (Wildman–Crippen MR) is 99.7 cm³/mol. The van der Waals surface area contributed by atoms with Gasteiger partial charge in [0.1, 0.15) is 5.82 Å². The van der Waals surface area contributed by atoms with E-state index < -0.39 is 0 Å². The summed E-state index contributed by atoms with van der Waals surface area (Å²) in [5.74, 6) is 1.08. The van der Waals surface area contributed by atoms with Gasteiger partial charge in [-0.15, -0.1) is 36.2 Å². The summed E-state index contributed by atoms with van der Waals surface area (Å²) in [6.45, 7) is 4.17. The van der Waals surface area contributed by atoms with Gasteiger partial charge in [-0.25, -0.2) is 4.98 Å². The van der Waals surface area contributed by atoms with E-state index >= 15 is 0 Å². The average Bonchev–Trinajstić information content (AvgIpc) is 3.04. The number of hydrogen-bond donors (Lipinski definition) is 2. The number of fused-ring (bicyclic) bond motifs is 1. The van der Waals surface area contributed by atoms with E-state index in [1.807, 2.05) is 29.5 Å². The topological polar surface area (TPSA) is 40.7 Å². The van der Waals surface area contributed by atoms with Crippen LogP contribution in [0.15, 0.2) is 35.7 Å². The van der Waals surface area contributed by atoms with Crippen molar-refractivity contribution >= 4 is 47.2 Å². The van der Waals surface area contributed by atoms with Gasteiger partial charge in [0.15, 0.2) is 0 Å². The molecule has 0 aliphatic rings. The van der Waals surface area contributed by atoms with Crippen molar-refractivity contribution in [3.63, 3.8) is 0 Å². The van der Waals surface area contributed by atoms with Gasteiger partial charge >= 0.3 is 0 Å². The molecule has 2 aromatic heterocycles. The Bertz CT molecular complexity index is 660. The molecule has 0 atom stereocenters. The number of nitrogens with one attached hydrogen (secondary N) is 2. The van der Waals surface area contributed by atoms with E-state index in [1.54, 1.807) is 0 Å². The summed E-state index contributed by atoms with van der Waals surface area (Å²) in [5, 5.41) is 5.65. The molecular weight excluding hydrogens is 337 g/mol.